The number of benzene rings is 2. The van der Waals surface area contributed by atoms with E-state index in [0.29, 0.717) is 11.4 Å². The fourth-order valence-corrected chi connectivity index (χ4v) is 3.82. The molecule has 140 valence electrons. The van der Waals surface area contributed by atoms with Crippen LogP contribution in [-0.4, -0.2) is 19.1 Å². The molecule has 2 atom stereocenters. The summed E-state index contributed by atoms with van der Waals surface area (Å²) in [5.74, 6) is 0.611. The van der Waals surface area contributed by atoms with E-state index < -0.39 is 0 Å². The highest BCUT2D eigenvalue weighted by Gasteiger charge is 2.26. The molecule has 0 saturated carbocycles. The minimum Gasteiger partial charge on any atom is -0.495 e. The summed E-state index contributed by atoms with van der Waals surface area (Å²) < 4.78 is 5.32. The Morgan fingerprint density at radius 3 is 2.48 bits per heavy atom. The van der Waals surface area contributed by atoms with Crippen molar-refractivity contribution in [2.24, 2.45) is 0 Å². The zero-order chi connectivity index (χ0) is 19.2. The summed E-state index contributed by atoms with van der Waals surface area (Å²) in [5.41, 5.74) is 3.11. The van der Waals surface area contributed by atoms with E-state index in [0.717, 1.165) is 0 Å². The largest absolute Gasteiger partial charge is 0.495 e. The van der Waals surface area contributed by atoms with Crippen LogP contribution in [0, 0.1) is 6.92 Å². The zero-order valence-corrected chi connectivity index (χ0v) is 16.6. The maximum atomic E-state index is 12.8. The van der Waals surface area contributed by atoms with Gasteiger partial charge in [0.1, 0.15) is 11.8 Å². The number of ether oxygens (including phenoxy) is 1. The number of carbonyl (C=O) groups excluding carboxylic acids is 1. The van der Waals surface area contributed by atoms with Gasteiger partial charge >= 0.3 is 0 Å². The Kier molecular flexibility index (Phi) is 6.27. The van der Waals surface area contributed by atoms with E-state index in [1.165, 1.54) is 16.0 Å². The van der Waals surface area contributed by atoms with Crippen LogP contribution in [0.1, 0.15) is 29.0 Å². The lowest BCUT2D eigenvalue weighted by atomic mass is 10.0. The minimum absolute atomic E-state index is 0.0480. The molecule has 0 aliphatic rings. The molecule has 3 rings (SSSR count). The summed E-state index contributed by atoms with van der Waals surface area (Å²) in [6.07, 6.45) is 0. The molecule has 3 aromatic rings. The number of hydrogen-bond donors (Lipinski definition) is 2. The second-order valence-corrected chi connectivity index (χ2v) is 7.55. The molecule has 1 heterocycles. The number of amides is 1. The molecule has 27 heavy (non-hydrogen) atoms. The van der Waals surface area contributed by atoms with E-state index in [9.17, 15) is 4.79 Å². The molecule has 0 saturated heterocycles. The van der Waals surface area contributed by atoms with Gasteiger partial charge in [0.15, 0.2) is 6.04 Å². The molecule has 0 fully saturated rings. The Morgan fingerprint density at radius 1 is 1.07 bits per heavy atom. The smallest absolute Gasteiger partial charge is 0.282 e. The van der Waals surface area contributed by atoms with Gasteiger partial charge in [0.05, 0.1) is 17.7 Å². The lowest BCUT2D eigenvalue weighted by molar-refractivity contribution is -0.703. The van der Waals surface area contributed by atoms with Crippen molar-refractivity contribution >= 4 is 22.9 Å². The summed E-state index contributed by atoms with van der Waals surface area (Å²) in [5, 5.41) is 7.17. The van der Waals surface area contributed by atoms with E-state index in [1.807, 2.05) is 31.2 Å². The van der Waals surface area contributed by atoms with Crippen molar-refractivity contribution in [3.63, 3.8) is 0 Å². The van der Waals surface area contributed by atoms with Crippen LogP contribution in [0.2, 0.25) is 0 Å². The molecule has 5 heteroatoms. The van der Waals surface area contributed by atoms with Gasteiger partial charge in [-0.1, -0.05) is 48.0 Å². The van der Waals surface area contributed by atoms with Gasteiger partial charge in [-0.05, 0) is 37.4 Å². The van der Waals surface area contributed by atoms with Crippen LogP contribution in [0.25, 0.3) is 0 Å². The van der Waals surface area contributed by atoms with E-state index in [2.05, 4.69) is 59.3 Å². The van der Waals surface area contributed by atoms with Crippen LogP contribution < -0.4 is 15.4 Å². The third-order valence-electron chi connectivity index (χ3n) is 4.55. The van der Waals surface area contributed by atoms with Gasteiger partial charge in [0.25, 0.3) is 5.91 Å². The fraction of sp³-hybridized carbons (Fsp3) is 0.227. The molecule has 3 N–H and O–H groups in total. The summed E-state index contributed by atoms with van der Waals surface area (Å²) in [6.45, 7) is 4.01. The van der Waals surface area contributed by atoms with E-state index >= 15 is 0 Å². The van der Waals surface area contributed by atoms with E-state index in [4.69, 9.17) is 4.74 Å². The Balaban J connectivity index is 1.77. The number of anilines is 1. The molecule has 0 aliphatic carbocycles. The maximum Gasteiger partial charge on any atom is 0.282 e. The summed E-state index contributed by atoms with van der Waals surface area (Å²) >= 11 is 1.71. The van der Waals surface area contributed by atoms with Crippen LogP contribution in [0.3, 0.4) is 0 Å². The van der Waals surface area contributed by atoms with Gasteiger partial charge in [-0.15, -0.1) is 11.3 Å². The number of hydrogen-bond acceptors (Lipinski definition) is 3. The maximum absolute atomic E-state index is 12.8. The first-order valence-electron chi connectivity index (χ1n) is 8.97. The number of rotatable bonds is 7. The average Bonchev–Trinajstić information content (AvgIpc) is 3.21. The quantitative estimate of drug-likeness (QED) is 0.655. The molecular weight excluding hydrogens is 356 g/mol. The average molecular weight is 382 g/mol. The predicted octanol–water partition coefficient (Wildman–Crippen LogP) is 3.75. The topological polar surface area (TPSA) is 54.9 Å². The molecule has 1 aromatic heterocycles. The lowest BCUT2D eigenvalue weighted by Gasteiger charge is -2.20. The molecule has 4 nitrogen and oxygen atoms in total. The highest BCUT2D eigenvalue weighted by atomic mass is 32.1. The molecule has 0 bridgehead atoms. The monoisotopic (exact) mass is 381 g/mol. The number of nitrogens with one attached hydrogen (secondary N) is 1. The van der Waals surface area contributed by atoms with E-state index in [-0.39, 0.29) is 18.0 Å². The van der Waals surface area contributed by atoms with Crippen molar-refractivity contribution < 1.29 is 14.8 Å². The van der Waals surface area contributed by atoms with Gasteiger partial charge in [-0.2, -0.15) is 0 Å². The Hall–Kier alpha value is -2.63. The number of methoxy groups -OCH3 is 1. The molecule has 0 aliphatic heterocycles. The third-order valence-corrected chi connectivity index (χ3v) is 5.50. The SMILES string of the molecule is COc1ccccc1NC(=O)[C@H](C)[NH2+][C@@H](c1ccc(C)cc1)c1cccs1. The Labute approximate surface area is 164 Å². The summed E-state index contributed by atoms with van der Waals surface area (Å²) in [7, 11) is 1.60. The second kappa shape index (κ2) is 8.84. The van der Waals surface area contributed by atoms with Crippen LogP contribution in [0.4, 0.5) is 5.69 Å². The first kappa shape index (κ1) is 19.1. The van der Waals surface area contributed by atoms with Crippen molar-refractivity contribution in [3.05, 3.63) is 82.0 Å². The van der Waals surface area contributed by atoms with E-state index in [1.54, 1.807) is 18.4 Å². The van der Waals surface area contributed by atoms with Crippen molar-refractivity contribution in [1.29, 1.82) is 0 Å². The highest BCUT2D eigenvalue weighted by Crippen LogP contribution is 2.24. The molecule has 1 amide bonds. The third kappa shape index (κ3) is 4.76. The number of para-hydroxylation sites is 2. The first-order chi connectivity index (χ1) is 13.1. The van der Waals surface area contributed by atoms with Crippen molar-refractivity contribution in [3.8, 4) is 5.75 Å². The first-order valence-corrected chi connectivity index (χ1v) is 9.85. The van der Waals surface area contributed by atoms with Crippen LogP contribution in [0.15, 0.2) is 66.0 Å². The number of thiophene rings is 1. The predicted molar refractivity (Wildman–Crippen MR) is 110 cm³/mol. The normalized spacial score (nSPS) is 13.0. The number of carbonyl (C=O) groups is 1. The van der Waals surface area contributed by atoms with Crippen LogP contribution in [0.5, 0.6) is 5.75 Å². The van der Waals surface area contributed by atoms with Crippen LogP contribution in [-0.2, 0) is 4.79 Å². The van der Waals surface area contributed by atoms with Gasteiger partial charge in [-0.3, -0.25) is 4.79 Å². The summed E-state index contributed by atoms with van der Waals surface area (Å²) in [4.78, 5) is 14.0. The Morgan fingerprint density at radius 2 is 1.81 bits per heavy atom. The lowest BCUT2D eigenvalue weighted by Crippen LogP contribution is -2.92. The number of aryl methyl sites for hydroxylation is 1. The Bertz CT molecular complexity index is 876. The summed E-state index contributed by atoms with van der Waals surface area (Å²) in [6, 6.07) is 20.0. The van der Waals surface area contributed by atoms with Gasteiger partial charge in [-0.25, -0.2) is 0 Å². The van der Waals surface area contributed by atoms with Crippen LogP contribution >= 0.6 is 11.3 Å². The highest BCUT2D eigenvalue weighted by molar-refractivity contribution is 7.10. The zero-order valence-electron chi connectivity index (χ0n) is 15.8. The minimum atomic E-state index is -0.261. The molecule has 0 spiro atoms. The number of nitrogens with two attached hydrogens (primary N) is 1. The van der Waals surface area contributed by atoms with Crippen molar-refractivity contribution in [2.45, 2.75) is 25.9 Å². The van der Waals surface area contributed by atoms with Crippen molar-refractivity contribution in [2.75, 3.05) is 12.4 Å². The second-order valence-electron chi connectivity index (χ2n) is 6.57. The fourth-order valence-electron chi connectivity index (χ4n) is 2.98. The van der Waals surface area contributed by atoms with Gasteiger partial charge in [0.2, 0.25) is 0 Å². The van der Waals surface area contributed by atoms with Gasteiger partial charge in [0, 0.05) is 5.56 Å². The molecular formula is C22H25N2O2S+. The van der Waals surface area contributed by atoms with Crippen molar-refractivity contribution in [1.82, 2.24) is 0 Å². The molecule has 0 radical (unpaired) electrons. The molecule has 0 unspecified atom stereocenters. The standard InChI is InChI=1S/C22H24N2O2S/c1-15-10-12-17(13-11-15)21(20-9-6-14-27-20)23-16(2)22(25)24-18-7-4-5-8-19(18)26-3/h4-14,16,21,23H,1-3H3,(H,24,25)/p+1/t16-,21-/m0/s1. The number of quaternary nitrogens is 1. The molecule has 2 aromatic carbocycles. The van der Waals surface area contributed by atoms with Gasteiger partial charge < -0.3 is 15.4 Å².